The lowest BCUT2D eigenvalue weighted by Crippen LogP contribution is -2.50. The topological polar surface area (TPSA) is 55.4 Å². The van der Waals surface area contributed by atoms with Gasteiger partial charge in [-0.05, 0) is 6.42 Å². The minimum absolute atomic E-state index is 0.778. The molecule has 1 amide bonds. The van der Waals surface area contributed by atoms with Gasteiger partial charge in [-0.2, -0.15) is 43.9 Å². The molecule has 0 aliphatic rings. The molecule has 0 atom stereocenters. The Hall–Kier alpha value is -1.76. The number of halogens is 10. The average Bonchev–Trinajstić information content (AvgIpc) is 2.34. The van der Waals surface area contributed by atoms with Crippen LogP contribution in [0.4, 0.5) is 43.9 Å². The van der Waals surface area contributed by atoms with Crippen molar-refractivity contribution in [2.75, 3.05) is 13.2 Å². The number of amides is 1. The summed E-state index contributed by atoms with van der Waals surface area (Å²) < 4.78 is 123. The van der Waals surface area contributed by atoms with Gasteiger partial charge in [0.15, 0.2) is 0 Å². The van der Waals surface area contributed by atoms with Crippen LogP contribution >= 0.6 is 0 Å². The van der Waals surface area contributed by atoms with Gasteiger partial charge < -0.3 is 10.1 Å². The monoisotopic (exact) mass is 367 g/mol. The number of hydrogen-bond acceptors (Lipinski definition) is 3. The van der Waals surface area contributed by atoms with E-state index in [0.29, 0.717) is 0 Å². The zero-order valence-corrected chi connectivity index (χ0v) is 10.6. The lowest BCUT2D eigenvalue weighted by Gasteiger charge is -2.19. The fraction of sp³-hybridized carbons (Fsp3) is 0.778. The quantitative estimate of drug-likeness (QED) is 0.446. The molecule has 0 fully saturated rings. The second-order valence-electron chi connectivity index (χ2n) is 3.89. The molecule has 0 saturated carbocycles. The largest absolute Gasteiger partial charge is 0.465 e. The third-order valence-electron chi connectivity index (χ3n) is 2.09. The predicted octanol–water partition coefficient (Wildman–Crippen LogP) is 2.43. The molecule has 0 aromatic carbocycles. The molecule has 0 rings (SSSR count). The van der Waals surface area contributed by atoms with Crippen LogP contribution in [0.25, 0.3) is 0 Å². The van der Waals surface area contributed by atoms with E-state index >= 15 is 0 Å². The summed E-state index contributed by atoms with van der Waals surface area (Å²) in [5.41, 5.74) is 0. The Labute approximate surface area is 120 Å². The van der Waals surface area contributed by atoms with Crippen LogP contribution in [-0.4, -0.2) is 49.2 Å². The van der Waals surface area contributed by atoms with Crippen LogP contribution in [0.1, 0.15) is 6.42 Å². The molecule has 0 bridgehead atoms. The van der Waals surface area contributed by atoms with E-state index < -0.39 is 55.6 Å². The highest BCUT2D eigenvalue weighted by molar-refractivity contribution is 5.84. The summed E-state index contributed by atoms with van der Waals surface area (Å²) in [5, 5.41) is 1.06. The van der Waals surface area contributed by atoms with Gasteiger partial charge in [0.1, 0.15) is 0 Å². The molecular weight excluding hydrogens is 360 g/mol. The van der Waals surface area contributed by atoms with E-state index in [1.807, 2.05) is 0 Å². The second-order valence-corrected chi connectivity index (χ2v) is 3.89. The first-order chi connectivity index (χ1) is 10.0. The molecule has 0 aromatic heterocycles. The van der Waals surface area contributed by atoms with Crippen molar-refractivity contribution in [3.8, 4) is 0 Å². The van der Waals surface area contributed by atoms with Crippen LogP contribution in [0.15, 0.2) is 0 Å². The molecule has 0 unspecified atom stereocenters. The van der Waals surface area contributed by atoms with Crippen molar-refractivity contribution in [1.82, 2.24) is 5.32 Å². The number of esters is 1. The van der Waals surface area contributed by atoms with Crippen molar-refractivity contribution < 1.29 is 58.2 Å². The van der Waals surface area contributed by atoms with Gasteiger partial charge in [-0.25, -0.2) is 4.79 Å². The third kappa shape index (κ3) is 5.13. The lowest BCUT2D eigenvalue weighted by atomic mass is 10.3. The maximum atomic E-state index is 12.4. The maximum absolute atomic E-state index is 12.4. The highest BCUT2D eigenvalue weighted by Crippen LogP contribution is 2.36. The van der Waals surface area contributed by atoms with E-state index in [0.717, 1.165) is 5.32 Å². The van der Waals surface area contributed by atoms with Crippen molar-refractivity contribution in [3.05, 3.63) is 0 Å². The molecule has 0 aliphatic carbocycles. The molecule has 0 aromatic rings. The first kappa shape index (κ1) is 21.2. The maximum Gasteiger partial charge on any atom is 0.465 e. The van der Waals surface area contributed by atoms with Crippen molar-refractivity contribution in [2.45, 2.75) is 30.6 Å². The molecule has 14 heteroatoms. The number of carbonyl (C=O) groups excluding carboxylic acids is 2. The first-order valence-corrected chi connectivity index (χ1v) is 5.39. The summed E-state index contributed by atoms with van der Waals surface area (Å²) in [7, 11) is 0. The highest BCUT2D eigenvalue weighted by atomic mass is 19.4. The standard InChI is InChI=1S/C9H7F10NO3/c10-6(11,8(14,15)16)4(21)20-2-1-3-23-5(22)7(12,13)9(17,18)19/h1-3H2,(H,20,21). The molecule has 0 spiro atoms. The van der Waals surface area contributed by atoms with E-state index in [-0.39, 0.29) is 0 Å². The zero-order valence-electron chi connectivity index (χ0n) is 10.6. The van der Waals surface area contributed by atoms with Crippen LogP contribution < -0.4 is 5.32 Å². The molecule has 4 nitrogen and oxygen atoms in total. The average molecular weight is 367 g/mol. The number of alkyl halides is 10. The molecule has 0 saturated heterocycles. The van der Waals surface area contributed by atoms with Gasteiger partial charge in [0.2, 0.25) is 0 Å². The summed E-state index contributed by atoms with van der Waals surface area (Å²) in [6, 6.07) is 0. The zero-order chi connectivity index (χ0) is 18.7. The van der Waals surface area contributed by atoms with Crippen LogP contribution in [0.2, 0.25) is 0 Å². The highest BCUT2D eigenvalue weighted by Gasteiger charge is 2.65. The van der Waals surface area contributed by atoms with Gasteiger partial charge in [0, 0.05) is 6.54 Å². The minimum Gasteiger partial charge on any atom is -0.461 e. The fourth-order valence-electron chi connectivity index (χ4n) is 0.885. The van der Waals surface area contributed by atoms with E-state index in [9.17, 15) is 53.5 Å². The molecule has 0 heterocycles. The molecule has 0 aliphatic heterocycles. The van der Waals surface area contributed by atoms with Crippen LogP contribution in [-0.2, 0) is 14.3 Å². The summed E-state index contributed by atoms with van der Waals surface area (Å²) in [5.74, 6) is -17.2. The predicted molar refractivity (Wildman–Crippen MR) is 50.6 cm³/mol. The Bertz CT molecular complexity index is 402. The lowest BCUT2D eigenvalue weighted by molar-refractivity contribution is -0.280. The van der Waals surface area contributed by atoms with Crippen molar-refractivity contribution >= 4 is 11.9 Å². The Morgan fingerprint density at radius 3 is 1.61 bits per heavy atom. The summed E-state index contributed by atoms with van der Waals surface area (Å²) in [6.07, 6.45) is -13.2. The Balaban J connectivity index is 4.27. The smallest absolute Gasteiger partial charge is 0.461 e. The van der Waals surface area contributed by atoms with E-state index in [1.165, 1.54) is 0 Å². The van der Waals surface area contributed by atoms with Gasteiger partial charge in [-0.3, -0.25) is 4.79 Å². The number of hydrogen-bond donors (Lipinski definition) is 1. The Kier molecular flexibility index (Phi) is 6.26. The van der Waals surface area contributed by atoms with E-state index in [2.05, 4.69) is 4.74 Å². The number of carbonyl (C=O) groups is 2. The van der Waals surface area contributed by atoms with Gasteiger partial charge in [-0.15, -0.1) is 0 Å². The molecular formula is C9H7F10NO3. The normalized spacial score (nSPS) is 13.7. The van der Waals surface area contributed by atoms with Gasteiger partial charge >= 0.3 is 30.2 Å². The van der Waals surface area contributed by atoms with Crippen LogP contribution in [0.5, 0.6) is 0 Å². The Morgan fingerprint density at radius 1 is 0.783 bits per heavy atom. The number of nitrogens with one attached hydrogen (secondary N) is 1. The van der Waals surface area contributed by atoms with Crippen molar-refractivity contribution in [3.63, 3.8) is 0 Å². The van der Waals surface area contributed by atoms with Gasteiger partial charge in [-0.1, -0.05) is 0 Å². The summed E-state index contributed by atoms with van der Waals surface area (Å²) in [6.45, 7) is -2.17. The molecule has 23 heavy (non-hydrogen) atoms. The number of rotatable bonds is 6. The van der Waals surface area contributed by atoms with Crippen molar-refractivity contribution in [1.29, 1.82) is 0 Å². The van der Waals surface area contributed by atoms with E-state index in [1.54, 1.807) is 0 Å². The van der Waals surface area contributed by atoms with Crippen LogP contribution in [0.3, 0.4) is 0 Å². The van der Waals surface area contributed by atoms with Crippen molar-refractivity contribution in [2.24, 2.45) is 0 Å². The minimum atomic E-state index is -6.22. The Morgan fingerprint density at radius 2 is 1.22 bits per heavy atom. The van der Waals surface area contributed by atoms with Gasteiger partial charge in [0.05, 0.1) is 6.61 Å². The number of ether oxygens (including phenoxy) is 1. The first-order valence-electron chi connectivity index (χ1n) is 5.39. The summed E-state index contributed by atoms with van der Waals surface area (Å²) in [4.78, 5) is 21.0. The molecule has 136 valence electrons. The third-order valence-corrected chi connectivity index (χ3v) is 2.09. The van der Waals surface area contributed by atoms with Gasteiger partial charge in [0.25, 0.3) is 5.91 Å². The van der Waals surface area contributed by atoms with Crippen LogP contribution in [0, 0.1) is 0 Å². The second kappa shape index (κ2) is 6.78. The molecule has 1 N–H and O–H groups in total. The summed E-state index contributed by atoms with van der Waals surface area (Å²) >= 11 is 0. The fourth-order valence-corrected chi connectivity index (χ4v) is 0.885. The SMILES string of the molecule is O=C(NCCCOC(=O)C(F)(F)C(F)(F)F)C(F)(F)C(F)(F)F. The van der Waals surface area contributed by atoms with E-state index in [4.69, 9.17) is 0 Å². The molecule has 0 radical (unpaired) electrons.